The minimum atomic E-state index is -0.266. The number of fused-ring (bicyclic) bond motifs is 1. The summed E-state index contributed by atoms with van der Waals surface area (Å²) >= 11 is 6.11. The number of likely N-dealkylation sites (tertiary alicyclic amines) is 1. The van der Waals surface area contributed by atoms with Crippen LogP contribution in [0.2, 0.25) is 5.15 Å². The number of rotatable bonds is 3. The zero-order chi connectivity index (χ0) is 22.1. The highest BCUT2D eigenvalue weighted by Gasteiger charge is 2.31. The van der Waals surface area contributed by atoms with Crippen molar-refractivity contribution in [2.45, 2.75) is 31.8 Å². The molecule has 0 aliphatic carbocycles. The number of halogens is 1. The van der Waals surface area contributed by atoms with Crippen LogP contribution in [0.5, 0.6) is 0 Å². The van der Waals surface area contributed by atoms with Gasteiger partial charge in [0.2, 0.25) is 5.91 Å². The van der Waals surface area contributed by atoms with Gasteiger partial charge in [0.05, 0.1) is 11.8 Å². The van der Waals surface area contributed by atoms with Gasteiger partial charge in [-0.15, -0.1) is 0 Å². The lowest BCUT2D eigenvalue weighted by molar-refractivity contribution is -0.138. The molecule has 0 spiro atoms. The Morgan fingerprint density at radius 1 is 1.03 bits per heavy atom. The minimum Gasteiger partial charge on any atom is -0.393 e. The van der Waals surface area contributed by atoms with Crippen LogP contribution in [0.1, 0.15) is 25.7 Å². The third-order valence-corrected chi connectivity index (χ3v) is 6.76. The quantitative estimate of drug-likeness (QED) is 0.613. The first-order chi connectivity index (χ1) is 15.6. The first kappa shape index (κ1) is 21.1. The van der Waals surface area contributed by atoms with Gasteiger partial charge in [-0.1, -0.05) is 11.6 Å². The molecule has 5 heterocycles. The highest BCUT2D eigenvalue weighted by Crippen LogP contribution is 2.33. The van der Waals surface area contributed by atoms with Gasteiger partial charge >= 0.3 is 0 Å². The Hall–Kier alpha value is -2.77. The summed E-state index contributed by atoms with van der Waals surface area (Å²) < 4.78 is 0. The minimum absolute atomic E-state index is 0.0385. The molecule has 0 aromatic carbocycles. The van der Waals surface area contributed by atoms with Gasteiger partial charge in [0.25, 0.3) is 0 Å². The molecule has 0 atom stereocenters. The molecule has 0 unspecified atom stereocenters. The van der Waals surface area contributed by atoms with E-state index in [0.29, 0.717) is 31.1 Å². The van der Waals surface area contributed by atoms with E-state index in [9.17, 15) is 9.90 Å². The molecule has 1 amide bonds. The van der Waals surface area contributed by atoms with E-state index in [1.54, 1.807) is 12.4 Å². The molecule has 2 aliphatic heterocycles. The molecule has 5 rings (SSSR count). The van der Waals surface area contributed by atoms with Crippen LogP contribution < -0.4 is 4.90 Å². The lowest BCUT2D eigenvalue weighted by Gasteiger charge is -2.37. The standard InChI is InChI=1S/C24H26ClN5O2/c25-22-14-17(1-8-27-22)21-13-18-15-26-7-2-20(18)23(28-21)29-9-3-16(4-10-29)24(32)30-11-5-19(31)6-12-30/h1-2,7-8,13-16,19,31H,3-6,9-12H2. The fourth-order valence-electron chi connectivity index (χ4n) is 4.71. The van der Waals surface area contributed by atoms with Crippen LogP contribution in [0.3, 0.4) is 0 Å². The van der Waals surface area contributed by atoms with Crippen LogP contribution in [-0.2, 0) is 4.79 Å². The van der Waals surface area contributed by atoms with Crippen LogP contribution in [0.4, 0.5) is 5.82 Å². The van der Waals surface area contributed by atoms with Crippen molar-refractivity contribution >= 4 is 34.1 Å². The molecule has 2 fully saturated rings. The second kappa shape index (κ2) is 9.00. The number of carbonyl (C=O) groups excluding carboxylic acids is 1. The molecular weight excluding hydrogens is 426 g/mol. The lowest BCUT2D eigenvalue weighted by Crippen LogP contribution is -2.46. The molecule has 8 heteroatoms. The normalized spacial score (nSPS) is 18.3. The molecule has 7 nitrogen and oxygen atoms in total. The van der Waals surface area contributed by atoms with Gasteiger partial charge in [-0.3, -0.25) is 9.78 Å². The van der Waals surface area contributed by atoms with Gasteiger partial charge in [0, 0.05) is 67.0 Å². The van der Waals surface area contributed by atoms with Gasteiger partial charge < -0.3 is 14.9 Å². The first-order valence-corrected chi connectivity index (χ1v) is 11.5. The molecule has 3 aromatic heterocycles. The lowest BCUT2D eigenvalue weighted by atomic mass is 9.93. The van der Waals surface area contributed by atoms with Gasteiger partial charge in [-0.25, -0.2) is 9.97 Å². The maximum atomic E-state index is 13.0. The van der Waals surface area contributed by atoms with Crippen LogP contribution >= 0.6 is 11.6 Å². The van der Waals surface area contributed by atoms with E-state index in [-0.39, 0.29) is 17.9 Å². The van der Waals surface area contributed by atoms with Crippen LogP contribution in [0, 0.1) is 5.92 Å². The summed E-state index contributed by atoms with van der Waals surface area (Å²) in [5.41, 5.74) is 1.74. The Morgan fingerprint density at radius 3 is 2.56 bits per heavy atom. The molecule has 0 saturated carbocycles. The molecule has 3 aromatic rings. The van der Waals surface area contributed by atoms with E-state index < -0.39 is 0 Å². The third kappa shape index (κ3) is 4.27. The van der Waals surface area contributed by atoms with Crippen molar-refractivity contribution in [3.05, 3.63) is 48.0 Å². The molecular formula is C24H26ClN5O2. The van der Waals surface area contributed by atoms with E-state index in [1.165, 1.54) is 0 Å². The predicted octanol–water partition coefficient (Wildman–Crippen LogP) is 3.54. The first-order valence-electron chi connectivity index (χ1n) is 11.2. The summed E-state index contributed by atoms with van der Waals surface area (Å²) in [6, 6.07) is 7.74. The highest BCUT2D eigenvalue weighted by molar-refractivity contribution is 6.29. The number of pyridine rings is 3. The van der Waals surface area contributed by atoms with Crippen molar-refractivity contribution in [1.29, 1.82) is 0 Å². The number of anilines is 1. The monoisotopic (exact) mass is 451 g/mol. The van der Waals surface area contributed by atoms with Crippen LogP contribution in [0.15, 0.2) is 42.9 Å². The van der Waals surface area contributed by atoms with Gasteiger partial charge in [-0.05, 0) is 49.9 Å². The summed E-state index contributed by atoms with van der Waals surface area (Å²) in [6.45, 7) is 2.88. The summed E-state index contributed by atoms with van der Waals surface area (Å²) in [5.74, 6) is 1.19. The zero-order valence-electron chi connectivity index (χ0n) is 17.8. The average Bonchev–Trinajstić information content (AvgIpc) is 2.83. The van der Waals surface area contributed by atoms with Gasteiger partial charge in [0.15, 0.2) is 0 Å². The molecule has 0 bridgehead atoms. The molecule has 32 heavy (non-hydrogen) atoms. The maximum Gasteiger partial charge on any atom is 0.225 e. The second-order valence-electron chi connectivity index (χ2n) is 8.61. The zero-order valence-corrected chi connectivity index (χ0v) is 18.6. The Labute approximate surface area is 192 Å². The fraction of sp³-hybridized carbons (Fsp3) is 0.417. The molecule has 0 radical (unpaired) electrons. The molecule has 1 N–H and O–H groups in total. The van der Waals surface area contributed by atoms with Gasteiger partial charge in [-0.2, -0.15) is 0 Å². The van der Waals surface area contributed by atoms with Crippen molar-refractivity contribution in [1.82, 2.24) is 19.9 Å². The number of carbonyl (C=O) groups is 1. The average molecular weight is 452 g/mol. The topological polar surface area (TPSA) is 82.5 Å². The largest absolute Gasteiger partial charge is 0.393 e. The predicted molar refractivity (Wildman–Crippen MR) is 125 cm³/mol. The summed E-state index contributed by atoms with van der Waals surface area (Å²) in [6.07, 6.45) is 8.03. The van der Waals surface area contributed by atoms with Crippen molar-refractivity contribution in [3.63, 3.8) is 0 Å². The van der Waals surface area contributed by atoms with E-state index in [1.807, 2.05) is 35.4 Å². The molecule has 2 aliphatic rings. The van der Waals surface area contributed by atoms with E-state index >= 15 is 0 Å². The van der Waals surface area contributed by atoms with Gasteiger partial charge in [0.1, 0.15) is 11.0 Å². The fourth-order valence-corrected chi connectivity index (χ4v) is 4.89. The van der Waals surface area contributed by atoms with Crippen LogP contribution in [-0.4, -0.2) is 63.1 Å². The van der Waals surface area contributed by atoms with Crippen molar-refractivity contribution < 1.29 is 9.90 Å². The molecule has 166 valence electrons. The number of hydrogen-bond donors (Lipinski definition) is 1. The van der Waals surface area contributed by atoms with E-state index in [0.717, 1.165) is 53.8 Å². The van der Waals surface area contributed by atoms with Crippen molar-refractivity contribution in [3.8, 4) is 11.3 Å². The number of nitrogens with zero attached hydrogens (tertiary/aromatic N) is 5. The van der Waals surface area contributed by atoms with Crippen molar-refractivity contribution in [2.75, 3.05) is 31.1 Å². The summed E-state index contributed by atoms with van der Waals surface area (Å²) in [7, 11) is 0. The number of aliphatic hydroxyl groups excluding tert-OH is 1. The van der Waals surface area contributed by atoms with E-state index in [4.69, 9.17) is 16.6 Å². The van der Waals surface area contributed by atoms with Crippen molar-refractivity contribution in [2.24, 2.45) is 5.92 Å². The van der Waals surface area contributed by atoms with E-state index in [2.05, 4.69) is 14.9 Å². The number of hydrogen-bond acceptors (Lipinski definition) is 6. The smallest absolute Gasteiger partial charge is 0.225 e. The third-order valence-electron chi connectivity index (χ3n) is 6.55. The highest BCUT2D eigenvalue weighted by atomic mass is 35.5. The number of piperidine rings is 2. The summed E-state index contributed by atoms with van der Waals surface area (Å²) in [4.78, 5) is 30.5. The maximum absolute atomic E-state index is 13.0. The number of amides is 1. The summed E-state index contributed by atoms with van der Waals surface area (Å²) in [5, 5.41) is 12.2. The Morgan fingerprint density at radius 2 is 1.81 bits per heavy atom. The number of aromatic nitrogens is 3. The molecule has 2 saturated heterocycles. The van der Waals surface area contributed by atoms with Crippen LogP contribution in [0.25, 0.3) is 22.0 Å². The second-order valence-corrected chi connectivity index (χ2v) is 9.00. The Kier molecular flexibility index (Phi) is 5.93. The Balaban J connectivity index is 1.37. The Bertz CT molecular complexity index is 1120. The number of aliphatic hydroxyl groups is 1. The SMILES string of the molecule is O=C(C1CCN(c2nc(-c3ccnc(Cl)c3)cc3cnccc23)CC1)N1CCC(O)CC1.